The summed E-state index contributed by atoms with van der Waals surface area (Å²) >= 11 is 5.65. The lowest BCUT2D eigenvalue weighted by atomic mass is 9.96. The summed E-state index contributed by atoms with van der Waals surface area (Å²) in [4.78, 5) is 8.85. The summed E-state index contributed by atoms with van der Waals surface area (Å²) < 4.78 is 7.64. The summed E-state index contributed by atoms with van der Waals surface area (Å²) in [5, 5.41) is 0. The summed E-state index contributed by atoms with van der Waals surface area (Å²) in [7, 11) is 0. The number of nitrogens with zero attached hydrogens (tertiary/aromatic N) is 2. The third-order valence-electron chi connectivity index (χ3n) is 2.36. The van der Waals surface area contributed by atoms with Crippen LogP contribution in [0.4, 0.5) is 0 Å². The van der Waals surface area contributed by atoms with E-state index in [2.05, 4.69) is 69.3 Å². The van der Waals surface area contributed by atoms with Crippen LogP contribution in [0.15, 0.2) is 34.9 Å². The van der Waals surface area contributed by atoms with E-state index in [4.69, 9.17) is 4.74 Å². The SMILES string of the molecule is CC(C)(C)c1nc(Br)cc(Oc2cccc(I)c2)n1. The van der Waals surface area contributed by atoms with Crippen molar-refractivity contribution in [2.75, 3.05) is 0 Å². The predicted molar refractivity (Wildman–Crippen MR) is 87.7 cm³/mol. The zero-order valence-corrected chi connectivity index (χ0v) is 14.7. The van der Waals surface area contributed by atoms with Crippen molar-refractivity contribution in [1.82, 2.24) is 9.97 Å². The summed E-state index contributed by atoms with van der Waals surface area (Å²) in [6, 6.07) is 9.62. The number of halogens is 2. The second-order valence-corrected chi connectivity index (χ2v) is 7.22. The number of rotatable bonds is 2. The van der Waals surface area contributed by atoms with Crippen LogP contribution in [-0.4, -0.2) is 9.97 Å². The average Bonchev–Trinajstić information content (AvgIpc) is 2.26. The van der Waals surface area contributed by atoms with Gasteiger partial charge in [-0.2, -0.15) is 4.98 Å². The van der Waals surface area contributed by atoms with Crippen LogP contribution in [0.2, 0.25) is 0 Å². The largest absolute Gasteiger partial charge is 0.439 e. The molecule has 5 heteroatoms. The van der Waals surface area contributed by atoms with Gasteiger partial charge in [-0.1, -0.05) is 26.8 Å². The van der Waals surface area contributed by atoms with Gasteiger partial charge in [0.05, 0.1) is 0 Å². The van der Waals surface area contributed by atoms with Crippen LogP contribution in [0, 0.1) is 3.57 Å². The molecule has 0 radical (unpaired) electrons. The molecule has 0 fully saturated rings. The number of aromatic nitrogens is 2. The topological polar surface area (TPSA) is 35.0 Å². The first kappa shape index (κ1) is 14.7. The molecule has 3 nitrogen and oxygen atoms in total. The van der Waals surface area contributed by atoms with Gasteiger partial charge < -0.3 is 4.74 Å². The van der Waals surface area contributed by atoms with Crippen molar-refractivity contribution in [3.63, 3.8) is 0 Å². The van der Waals surface area contributed by atoms with Gasteiger partial charge in [0.1, 0.15) is 16.2 Å². The fourth-order valence-electron chi connectivity index (χ4n) is 1.44. The summed E-state index contributed by atoms with van der Waals surface area (Å²) in [5.41, 5.74) is -0.118. The van der Waals surface area contributed by atoms with Crippen LogP contribution < -0.4 is 4.74 Å². The van der Waals surface area contributed by atoms with E-state index in [9.17, 15) is 0 Å². The fourth-order valence-corrected chi connectivity index (χ4v) is 2.31. The third kappa shape index (κ3) is 4.14. The van der Waals surface area contributed by atoms with Crippen molar-refractivity contribution < 1.29 is 4.74 Å². The minimum absolute atomic E-state index is 0.118. The van der Waals surface area contributed by atoms with Crippen molar-refractivity contribution in [3.05, 3.63) is 44.3 Å². The smallest absolute Gasteiger partial charge is 0.223 e. The molecule has 0 bridgehead atoms. The zero-order chi connectivity index (χ0) is 14.0. The Morgan fingerprint density at radius 3 is 2.53 bits per heavy atom. The molecule has 0 N–H and O–H groups in total. The van der Waals surface area contributed by atoms with E-state index in [0.717, 1.165) is 19.7 Å². The molecule has 19 heavy (non-hydrogen) atoms. The van der Waals surface area contributed by atoms with Gasteiger partial charge in [-0.3, -0.25) is 0 Å². The van der Waals surface area contributed by atoms with Gasteiger partial charge in [-0.25, -0.2) is 4.98 Å². The lowest BCUT2D eigenvalue weighted by molar-refractivity contribution is 0.444. The number of hydrogen-bond donors (Lipinski definition) is 0. The maximum absolute atomic E-state index is 5.79. The number of benzene rings is 1. The maximum atomic E-state index is 5.79. The van der Waals surface area contributed by atoms with Crippen LogP contribution in [0.5, 0.6) is 11.6 Å². The molecule has 100 valence electrons. The summed E-state index contributed by atoms with van der Waals surface area (Å²) in [6.07, 6.45) is 0. The Labute approximate surface area is 135 Å². The molecule has 0 aliphatic rings. The van der Waals surface area contributed by atoms with E-state index in [1.807, 2.05) is 24.3 Å². The molecular weight excluding hydrogens is 419 g/mol. The van der Waals surface area contributed by atoms with E-state index < -0.39 is 0 Å². The Hall–Kier alpha value is -0.690. The molecule has 1 heterocycles. The minimum Gasteiger partial charge on any atom is -0.439 e. The first-order chi connectivity index (χ1) is 8.84. The molecule has 0 saturated carbocycles. The zero-order valence-electron chi connectivity index (χ0n) is 10.9. The van der Waals surface area contributed by atoms with Crippen molar-refractivity contribution in [3.8, 4) is 11.6 Å². The monoisotopic (exact) mass is 432 g/mol. The molecular formula is C14H14BrIN2O. The molecule has 0 spiro atoms. The molecule has 0 amide bonds. The molecule has 0 aliphatic carbocycles. The van der Waals surface area contributed by atoms with Crippen LogP contribution in [0.3, 0.4) is 0 Å². The van der Waals surface area contributed by atoms with Gasteiger partial charge in [-0.05, 0) is 56.7 Å². The summed E-state index contributed by atoms with van der Waals surface area (Å²) in [5.74, 6) is 2.08. The van der Waals surface area contributed by atoms with E-state index >= 15 is 0 Å². The second kappa shape index (κ2) is 5.75. The Morgan fingerprint density at radius 2 is 1.89 bits per heavy atom. The molecule has 0 unspecified atom stereocenters. The van der Waals surface area contributed by atoms with Crippen molar-refractivity contribution >= 4 is 38.5 Å². The van der Waals surface area contributed by atoms with Crippen molar-refractivity contribution in [2.24, 2.45) is 0 Å². The van der Waals surface area contributed by atoms with Gasteiger partial charge in [0.25, 0.3) is 0 Å². The van der Waals surface area contributed by atoms with Crippen LogP contribution in [0.1, 0.15) is 26.6 Å². The Morgan fingerprint density at radius 1 is 1.16 bits per heavy atom. The molecule has 1 aromatic heterocycles. The highest BCUT2D eigenvalue weighted by atomic mass is 127. The van der Waals surface area contributed by atoms with Crippen molar-refractivity contribution in [2.45, 2.75) is 26.2 Å². The Bertz CT molecular complexity index is 596. The molecule has 2 rings (SSSR count). The molecule has 0 aliphatic heterocycles. The lowest BCUT2D eigenvalue weighted by Gasteiger charge is -2.17. The minimum atomic E-state index is -0.118. The molecule has 2 aromatic rings. The van der Waals surface area contributed by atoms with Gasteiger partial charge in [0, 0.05) is 15.1 Å². The first-order valence-electron chi connectivity index (χ1n) is 5.83. The normalized spacial score (nSPS) is 11.4. The number of ether oxygens (including phenoxy) is 1. The second-order valence-electron chi connectivity index (χ2n) is 5.16. The summed E-state index contributed by atoms with van der Waals surface area (Å²) in [6.45, 7) is 6.22. The fraction of sp³-hybridized carbons (Fsp3) is 0.286. The molecule has 0 saturated heterocycles. The lowest BCUT2D eigenvalue weighted by Crippen LogP contribution is -2.16. The van der Waals surface area contributed by atoms with E-state index in [-0.39, 0.29) is 5.41 Å². The van der Waals surface area contributed by atoms with Crippen LogP contribution >= 0.6 is 38.5 Å². The van der Waals surface area contributed by atoms with Gasteiger partial charge in [-0.15, -0.1) is 0 Å². The quantitative estimate of drug-likeness (QED) is 0.498. The van der Waals surface area contributed by atoms with Crippen LogP contribution in [-0.2, 0) is 5.41 Å². The maximum Gasteiger partial charge on any atom is 0.223 e. The standard InChI is InChI=1S/C14H14BrIN2O/c1-14(2,3)13-17-11(15)8-12(18-13)19-10-6-4-5-9(16)7-10/h4-8H,1-3H3. The highest BCUT2D eigenvalue weighted by Crippen LogP contribution is 2.27. The van der Waals surface area contributed by atoms with Gasteiger partial charge in [0.2, 0.25) is 5.88 Å². The molecule has 1 aromatic carbocycles. The Kier molecular flexibility index (Phi) is 4.45. The highest BCUT2D eigenvalue weighted by Gasteiger charge is 2.19. The number of hydrogen-bond acceptors (Lipinski definition) is 3. The van der Waals surface area contributed by atoms with Gasteiger partial charge in [0.15, 0.2) is 0 Å². The van der Waals surface area contributed by atoms with E-state index in [0.29, 0.717) is 5.88 Å². The highest BCUT2D eigenvalue weighted by molar-refractivity contribution is 14.1. The average molecular weight is 433 g/mol. The first-order valence-corrected chi connectivity index (χ1v) is 7.70. The van der Waals surface area contributed by atoms with E-state index in [1.54, 1.807) is 6.07 Å². The van der Waals surface area contributed by atoms with Gasteiger partial charge >= 0.3 is 0 Å². The predicted octanol–water partition coefficient (Wildman–Crippen LogP) is 4.93. The van der Waals surface area contributed by atoms with E-state index in [1.165, 1.54) is 0 Å². The molecule has 0 atom stereocenters. The van der Waals surface area contributed by atoms with Crippen LogP contribution in [0.25, 0.3) is 0 Å². The third-order valence-corrected chi connectivity index (χ3v) is 3.44. The Balaban J connectivity index is 2.33. The van der Waals surface area contributed by atoms with Crippen molar-refractivity contribution in [1.29, 1.82) is 0 Å².